The first-order chi connectivity index (χ1) is 12.5. The third kappa shape index (κ3) is 2.88. The van der Waals surface area contributed by atoms with Gasteiger partial charge in [-0.2, -0.15) is 5.10 Å². The number of rotatable bonds is 4. The van der Waals surface area contributed by atoms with E-state index < -0.39 is 5.97 Å². The summed E-state index contributed by atoms with van der Waals surface area (Å²) in [7, 11) is 0. The number of carbonyl (C=O) groups is 2. The van der Waals surface area contributed by atoms with Crippen LogP contribution in [0.15, 0.2) is 23.8 Å². The number of likely N-dealkylation sites (tertiary alicyclic amines) is 1. The number of aromatic nitrogens is 4. The number of hydrogen-bond donors (Lipinski definition) is 1. The van der Waals surface area contributed by atoms with Gasteiger partial charge >= 0.3 is 5.97 Å². The number of imidazole rings is 1. The normalized spacial score (nSPS) is 17.7. The highest BCUT2D eigenvalue weighted by atomic mass is 32.1. The fourth-order valence-corrected chi connectivity index (χ4v) is 4.41. The topological polar surface area (TPSA) is 92.7 Å². The summed E-state index contributed by atoms with van der Waals surface area (Å²) < 4.78 is 3.36. The molecule has 1 aliphatic rings. The van der Waals surface area contributed by atoms with E-state index in [1.165, 1.54) is 16.0 Å². The van der Waals surface area contributed by atoms with Crippen LogP contribution in [0.1, 0.15) is 40.6 Å². The van der Waals surface area contributed by atoms with E-state index in [0.717, 1.165) is 29.2 Å². The van der Waals surface area contributed by atoms with Gasteiger partial charge in [-0.05, 0) is 25.8 Å². The molecule has 1 atom stereocenters. The molecule has 0 unspecified atom stereocenters. The molecule has 0 bridgehead atoms. The molecule has 3 aromatic heterocycles. The summed E-state index contributed by atoms with van der Waals surface area (Å²) in [4.78, 5) is 31.3. The van der Waals surface area contributed by atoms with Crippen molar-refractivity contribution in [3.63, 3.8) is 0 Å². The van der Waals surface area contributed by atoms with Crippen molar-refractivity contribution in [2.24, 2.45) is 0 Å². The first-order valence-corrected chi connectivity index (χ1v) is 9.37. The highest BCUT2D eigenvalue weighted by Gasteiger charge is 2.30. The summed E-state index contributed by atoms with van der Waals surface area (Å²) in [6.07, 6.45) is 5.28. The van der Waals surface area contributed by atoms with Crippen LogP contribution >= 0.6 is 11.3 Å². The number of nitrogens with zero attached hydrogens (tertiary/aromatic N) is 5. The summed E-state index contributed by atoms with van der Waals surface area (Å²) in [6, 6.07) is 1.85. The third-order valence-corrected chi connectivity index (χ3v) is 5.56. The van der Waals surface area contributed by atoms with Gasteiger partial charge in [0, 0.05) is 42.5 Å². The van der Waals surface area contributed by atoms with Gasteiger partial charge in [-0.15, -0.1) is 11.3 Å². The van der Waals surface area contributed by atoms with E-state index >= 15 is 0 Å². The van der Waals surface area contributed by atoms with Gasteiger partial charge in [0.05, 0.1) is 5.69 Å². The molecule has 0 radical (unpaired) electrons. The standard InChI is InChI=1S/C17H19N5O3S/c1-11-15(21-7-8-26-17(21)19-11)16(25)20-6-2-3-12(9-20)13-4-5-18-22(13)10-14(23)24/h4-5,7-8,12H,2-3,6,9-10H2,1H3,(H,23,24)/t12-/m1/s1. The van der Waals surface area contributed by atoms with Crippen LogP contribution in [0.2, 0.25) is 0 Å². The molecule has 9 heteroatoms. The maximum atomic E-state index is 13.1. The number of aryl methyl sites for hydroxylation is 1. The molecule has 1 fully saturated rings. The van der Waals surface area contributed by atoms with Gasteiger partial charge in [0.2, 0.25) is 0 Å². The van der Waals surface area contributed by atoms with Crippen LogP contribution in [-0.2, 0) is 11.3 Å². The zero-order valence-electron chi connectivity index (χ0n) is 14.3. The number of piperidine rings is 1. The molecule has 136 valence electrons. The number of fused-ring (bicyclic) bond motifs is 1. The Hall–Kier alpha value is -2.68. The number of amides is 1. The molecule has 26 heavy (non-hydrogen) atoms. The largest absolute Gasteiger partial charge is 0.480 e. The van der Waals surface area contributed by atoms with Crippen LogP contribution in [0.4, 0.5) is 0 Å². The number of carboxylic acids is 1. The van der Waals surface area contributed by atoms with Gasteiger partial charge < -0.3 is 10.0 Å². The lowest BCUT2D eigenvalue weighted by Crippen LogP contribution is -2.40. The van der Waals surface area contributed by atoms with Crippen molar-refractivity contribution >= 4 is 28.2 Å². The summed E-state index contributed by atoms with van der Waals surface area (Å²) in [5.74, 6) is -0.864. The average molecular weight is 373 g/mol. The summed E-state index contributed by atoms with van der Waals surface area (Å²) in [5, 5.41) is 15.1. The van der Waals surface area contributed by atoms with Crippen molar-refractivity contribution in [2.45, 2.75) is 32.2 Å². The first-order valence-electron chi connectivity index (χ1n) is 8.49. The zero-order chi connectivity index (χ0) is 18.3. The Morgan fingerprint density at radius 1 is 1.42 bits per heavy atom. The number of aliphatic carboxylic acids is 1. The molecule has 1 N–H and O–H groups in total. The van der Waals surface area contributed by atoms with E-state index in [4.69, 9.17) is 5.11 Å². The highest BCUT2D eigenvalue weighted by molar-refractivity contribution is 7.15. The Kier molecular flexibility index (Phi) is 4.23. The Morgan fingerprint density at radius 2 is 2.27 bits per heavy atom. The molecule has 1 aliphatic heterocycles. The SMILES string of the molecule is Cc1nc2sccn2c1C(=O)N1CCC[C@@H](c2ccnn2CC(=O)O)C1. The molecular formula is C17H19N5O3S. The van der Waals surface area contributed by atoms with E-state index in [0.29, 0.717) is 18.8 Å². The predicted octanol–water partition coefficient (Wildman–Crippen LogP) is 2.01. The van der Waals surface area contributed by atoms with Gasteiger partial charge in [-0.25, -0.2) is 4.98 Å². The second-order valence-corrected chi connectivity index (χ2v) is 7.37. The molecule has 0 spiro atoms. The molecule has 4 rings (SSSR count). The molecule has 1 saturated heterocycles. The Labute approximate surface area is 153 Å². The fraction of sp³-hybridized carbons (Fsp3) is 0.412. The van der Waals surface area contributed by atoms with Gasteiger partial charge in [0.1, 0.15) is 12.2 Å². The van der Waals surface area contributed by atoms with E-state index in [1.54, 1.807) is 6.20 Å². The molecule has 3 aromatic rings. The smallest absolute Gasteiger partial charge is 0.325 e. The van der Waals surface area contributed by atoms with E-state index in [1.807, 2.05) is 33.9 Å². The maximum absolute atomic E-state index is 13.1. The quantitative estimate of drug-likeness (QED) is 0.755. The average Bonchev–Trinajstić information content (AvgIpc) is 3.30. The summed E-state index contributed by atoms with van der Waals surface area (Å²) >= 11 is 1.51. The Balaban J connectivity index is 1.58. The van der Waals surface area contributed by atoms with Crippen molar-refractivity contribution < 1.29 is 14.7 Å². The second kappa shape index (κ2) is 6.56. The molecule has 0 aliphatic carbocycles. The number of carboxylic acid groups (broad SMARTS) is 1. The minimum Gasteiger partial charge on any atom is -0.480 e. The van der Waals surface area contributed by atoms with Crippen LogP contribution in [0.3, 0.4) is 0 Å². The van der Waals surface area contributed by atoms with E-state index in [2.05, 4.69) is 10.1 Å². The molecule has 4 heterocycles. The predicted molar refractivity (Wildman–Crippen MR) is 95.5 cm³/mol. The number of hydrogen-bond acceptors (Lipinski definition) is 5. The minimum absolute atomic E-state index is 0.0256. The molecule has 8 nitrogen and oxygen atoms in total. The Bertz CT molecular complexity index is 972. The monoisotopic (exact) mass is 373 g/mol. The highest BCUT2D eigenvalue weighted by Crippen LogP contribution is 2.28. The van der Waals surface area contributed by atoms with Crippen LogP contribution < -0.4 is 0 Å². The maximum Gasteiger partial charge on any atom is 0.325 e. The zero-order valence-corrected chi connectivity index (χ0v) is 15.1. The van der Waals surface area contributed by atoms with E-state index in [-0.39, 0.29) is 18.4 Å². The third-order valence-electron chi connectivity index (χ3n) is 4.80. The Morgan fingerprint density at radius 3 is 3.08 bits per heavy atom. The minimum atomic E-state index is -0.923. The number of carbonyl (C=O) groups excluding carboxylic acids is 1. The number of thiazole rings is 1. The first kappa shape index (κ1) is 16.8. The molecular weight excluding hydrogens is 354 g/mol. The fourth-order valence-electron chi connectivity index (χ4n) is 3.65. The lowest BCUT2D eigenvalue weighted by Gasteiger charge is -2.33. The van der Waals surface area contributed by atoms with Crippen LogP contribution in [-0.4, -0.2) is 54.1 Å². The van der Waals surface area contributed by atoms with Crippen molar-refractivity contribution in [1.82, 2.24) is 24.1 Å². The molecule has 0 saturated carbocycles. The molecule has 1 amide bonds. The van der Waals surface area contributed by atoms with Gasteiger partial charge in [0.15, 0.2) is 4.96 Å². The lowest BCUT2D eigenvalue weighted by atomic mass is 9.94. The molecule has 0 aromatic carbocycles. The van der Waals surface area contributed by atoms with E-state index in [9.17, 15) is 9.59 Å². The van der Waals surface area contributed by atoms with Crippen molar-refractivity contribution in [2.75, 3.05) is 13.1 Å². The van der Waals surface area contributed by atoms with Gasteiger partial charge in [0.25, 0.3) is 5.91 Å². The van der Waals surface area contributed by atoms with Crippen LogP contribution in [0.5, 0.6) is 0 Å². The summed E-state index contributed by atoms with van der Waals surface area (Å²) in [6.45, 7) is 2.94. The lowest BCUT2D eigenvalue weighted by molar-refractivity contribution is -0.137. The summed E-state index contributed by atoms with van der Waals surface area (Å²) in [5.41, 5.74) is 2.22. The van der Waals surface area contributed by atoms with Crippen molar-refractivity contribution in [3.05, 3.63) is 40.9 Å². The van der Waals surface area contributed by atoms with Gasteiger partial charge in [-0.3, -0.25) is 18.7 Å². The van der Waals surface area contributed by atoms with Crippen molar-refractivity contribution in [3.8, 4) is 0 Å². The van der Waals surface area contributed by atoms with Crippen molar-refractivity contribution in [1.29, 1.82) is 0 Å². The van der Waals surface area contributed by atoms with Crippen LogP contribution in [0.25, 0.3) is 4.96 Å². The second-order valence-electron chi connectivity index (χ2n) is 6.50. The van der Waals surface area contributed by atoms with Crippen LogP contribution in [0, 0.1) is 6.92 Å². The van der Waals surface area contributed by atoms with Gasteiger partial charge in [-0.1, -0.05) is 0 Å².